The van der Waals surface area contributed by atoms with E-state index in [1.807, 2.05) is 24.3 Å². The van der Waals surface area contributed by atoms with Crippen LogP contribution in [-0.2, 0) is 6.54 Å². The molecule has 0 radical (unpaired) electrons. The maximum Gasteiger partial charge on any atom is 0.209 e. The second-order valence-electron chi connectivity index (χ2n) is 5.16. The Kier molecular flexibility index (Phi) is 3.06. The lowest BCUT2D eigenvalue weighted by Crippen LogP contribution is -2.49. The van der Waals surface area contributed by atoms with Crippen LogP contribution in [0.1, 0.15) is 12.8 Å². The minimum Gasteiger partial charge on any atom is -0.439 e. The quantitative estimate of drug-likeness (QED) is 0.809. The number of hydrogen-bond donors (Lipinski definition) is 0. The van der Waals surface area contributed by atoms with Gasteiger partial charge in [0.15, 0.2) is 5.58 Å². The highest BCUT2D eigenvalue weighted by Crippen LogP contribution is 2.18. The van der Waals surface area contributed by atoms with Crippen LogP contribution in [0.5, 0.6) is 0 Å². The summed E-state index contributed by atoms with van der Waals surface area (Å²) in [6, 6.07) is 8.50. The van der Waals surface area contributed by atoms with Crippen LogP contribution in [0.4, 0.5) is 0 Å². The Balaban J connectivity index is 1.75. The number of rotatable bonds is 2. The van der Waals surface area contributed by atoms with Gasteiger partial charge in [0, 0.05) is 25.7 Å². The summed E-state index contributed by atoms with van der Waals surface area (Å²) in [5.41, 5.74) is 1.84. The number of hydrogen-bond acceptors (Lipinski definition) is 4. The van der Waals surface area contributed by atoms with E-state index in [0.29, 0.717) is 6.04 Å². The van der Waals surface area contributed by atoms with Crippen molar-refractivity contribution in [3.63, 3.8) is 0 Å². The Bertz CT molecular complexity index is 504. The normalized spacial score (nSPS) is 22.7. The second-order valence-corrected chi connectivity index (χ2v) is 5.16. The van der Waals surface area contributed by atoms with E-state index in [4.69, 9.17) is 4.42 Å². The van der Waals surface area contributed by atoms with Crippen LogP contribution in [-0.4, -0.2) is 47.5 Å². The molecule has 0 spiro atoms. The zero-order valence-electron chi connectivity index (χ0n) is 11.0. The highest BCUT2D eigenvalue weighted by molar-refractivity contribution is 5.72. The van der Waals surface area contributed by atoms with E-state index in [9.17, 15) is 0 Å². The van der Waals surface area contributed by atoms with Gasteiger partial charge in [0.05, 0.1) is 6.54 Å². The van der Waals surface area contributed by atoms with E-state index in [2.05, 4.69) is 28.8 Å². The molecule has 1 unspecified atom stereocenters. The summed E-state index contributed by atoms with van der Waals surface area (Å²) in [6.45, 7) is 6.38. The summed E-state index contributed by atoms with van der Waals surface area (Å²) < 4.78 is 5.78. The fraction of sp³-hybridized carbons (Fsp3) is 0.500. The van der Waals surface area contributed by atoms with Gasteiger partial charge in [-0.25, -0.2) is 4.98 Å². The molecule has 1 aliphatic heterocycles. The van der Waals surface area contributed by atoms with Crippen molar-refractivity contribution < 1.29 is 4.42 Å². The van der Waals surface area contributed by atoms with Crippen molar-refractivity contribution in [3.8, 4) is 0 Å². The predicted molar refractivity (Wildman–Crippen MR) is 71.4 cm³/mol. The van der Waals surface area contributed by atoms with Gasteiger partial charge in [0.2, 0.25) is 5.89 Å². The molecule has 4 heteroatoms. The van der Waals surface area contributed by atoms with Gasteiger partial charge in [0.25, 0.3) is 0 Å². The monoisotopic (exact) mass is 245 g/mol. The molecule has 4 nitrogen and oxygen atoms in total. The van der Waals surface area contributed by atoms with Crippen molar-refractivity contribution >= 4 is 11.1 Å². The number of likely N-dealkylation sites (N-methyl/N-ethyl adjacent to an activating group) is 1. The van der Waals surface area contributed by atoms with Gasteiger partial charge in [0.1, 0.15) is 5.52 Å². The molecule has 0 bridgehead atoms. The minimum atomic E-state index is 0.554. The van der Waals surface area contributed by atoms with Crippen molar-refractivity contribution in [2.24, 2.45) is 0 Å². The van der Waals surface area contributed by atoms with E-state index in [1.54, 1.807) is 0 Å². The van der Waals surface area contributed by atoms with Crippen LogP contribution in [0.3, 0.4) is 0 Å². The Morgan fingerprint density at radius 1 is 1.33 bits per heavy atom. The van der Waals surface area contributed by atoms with Crippen LogP contribution in [0.15, 0.2) is 28.7 Å². The molecule has 0 amide bonds. The number of fused-ring (bicyclic) bond motifs is 1. The first-order chi connectivity index (χ1) is 8.72. The Morgan fingerprint density at radius 3 is 2.94 bits per heavy atom. The molecule has 18 heavy (non-hydrogen) atoms. The van der Waals surface area contributed by atoms with Gasteiger partial charge in [-0.3, -0.25) is 4.90 Å². The van der Waals surface area contributed by atoms with Gasteiger partial charge >= 0.3 is 0 Å². The standard InChI is InChI=1S/C14H19N3O/c1-11-9-16(2)7-8-17(11)10-14-15-12-5-3-4-6-13(12)18-14/h3-6,11H,7-10H2,1-2H3. The molecular formula is C14H19N3O. The van der Waals surface area contributed by atoms with Gasteiger partial charge in [-0.15, -0.1) is 0 Å². The average molecular weight is 245 g/mol. The van der Waals surface area contributed by atoms with E-state index in [0.717, 1.165) is 43.2 Å². The molecule has 0 N–H and O–H groups in total. The molecule has 1 fully saturated rings. The Morgan fingerprint density at radius 2 is 2.17 bits per heavy atom. The highest BCUT2D eigenvalue weighted by atomic mass is 16.3. The maximum atomic E-state index is 5.78. The van der Waals surface area contributed by atoms with Crippen LogP contribution in [0, 0.1) is 0 Å². The molecule has 96 valence electrons. The summed E-state index contributed by atoms with van der Waals surface area (Å²) in [4.78, 5) is 9.34. The summed E-state index contributed by atoms with van der Waals surface area (Å²) in [6.07, 6.45) is 0. The van der Waals surface area contributed by atoms with E-state index >= 15 is 0 Å². The van der Waals surface area contributed by atoms with E-state index in [1.165, 1.54) is 0 Å². The largest absolute Gasteiger partial charge is 0.439 e. The number of para-hydroxylation sites is 2. The summed E-state index contributed by atoms with van der Waals surface area (Å²) >= 11 is 0. The first kappa shape index (κ1) is 11.7. The Labute approximate surface area is 107 Å². The van der Waals surface area contributed by atoms with Crippen LogP contribution >= 0.6 is 0 Å². The molecule has 2 heterocycles. The number of aromatic nitrogens is 1. The molecule has 3 rings (SSSR count). The molecular weight excluding hydrogens is 226 g/mol. The summed E-state index contributed by atoms with van der Waals surface area (Å²) in [5.74, 6) is 0.826. The highest BCUT2D eigenvalue weighted by Gasteiger charge is 2.22. The molecule has 2 aromatic rings. The van der Waals surface area contributed by atoms with Crippen molar-refractivity contribution in [1.82, 2.24) is 14.8 Å². The van der Waals surface area contributed by atoms with Gasteiger partial charge in [-0.1, -0.05) is 12.1 Å². The molecule has 0 saturated carbocycles. The van der Waals surface area contributed by atoms with Gasteiger partial charge in [-0.2, -0.15) is 0 Å². The zero-order chi connectivity index (χ0) is 12.5. The number of benzene rings is 1. The van der Waals surface area contributed by atoms with Crippen molar-refractivity contribution in [3.05, 3.63) is 30.2 Å². The lowest BCUT2D eigenvalue weighted by atomic mass is 10.2. The predicted octanol–water partition coefficient (Wildman–Crippen LogP) is 1.96. The first-order valence-corrected chi connectivity index (χ1v) is 6.49. The number of oxazole rings is 1. The maximum absolute atomic E-state index is 5.78. The smallest absolute Gasteiger partial charge is 0.209 e. The van der Waals surface area contributed by atoms with Gasteiger partial charge < -0.3 is 9.32 Å². The molecule has 1 saturated heterocycles. The number of piperazine rings is 1. The topological polar surface area (TPSA) is 32.5 Å². The average Bonchev–Trinajstić information content (AvgIpc) is 2.75. The third kappa shape index (κ3) is 2.26. The molecule has 0 aliphatic carbocycles. The van der Waals surface area contributed by atoms with Crippen LogP contribution < -0.4 is 0 Å². The summed E-state index contributed by atoms with van der Waals surface area (Å²) in [7, 11) is 2.17. The SMILES string of the molecule is CC1CN(C)CCN1Cc1nc2ccccc2o1. The second kappa shape index (κ2) is 4.71. The third-order valence-corrected chi connectivity index (χ3v) is 3.64. The lowest BCUT2D eigenvalue weighted by molar-refractivity contribution is 0.0864. The fourth-order valence-corrected chi connectivity index (χ4v) is 2.57. The fourth-order valence-electron chi connectivity index (χ4n) is 2.57. The Hall–Kier alpha value is -1.39. The molecule has 1 aromatic heterocycles. The third-order valence-electron chi connectivity index (χ3n) is 3.64. The lowest BCUT2D eigenvalue weighted by Gasteiger charge is -2.37. The molecule has 1 aliphatic rings. The van der Waals surface area contributed by atoms with Crippen molar-refractivity contribution in [2.45, 2.75) is 19.5 Å². The minimum absolute atomic E-state index is 0.554. The first-order valence-electron chi connectivity index (χ1n) is 6.49. The van der Waals surface area contributed by atoms with Crippen molar-refractivity contribution in [2.75, 3.05) is 26.7 Å². The number of nitrogens with zero attached hydrogens (tertiary/aromatic N) is 3. The van der Waals surface area contributed by atoms with E-state index in [-0.39, 0.29) is 0 Å². The zero-order valence-corrected chi connectivity index (χ0v) is 11.0. The van der Waals surface area contributed by atoms with Crippen molar-refractivity contribution in [1.29, 1.82) is 0 Å². The molecule has 1 atom stereocenters. The summed E-state index contributed by atoms with van der Waals surface area (Å²) in [5, 5.41) is 0. The van der Waals surface area contributed by atoms with Gasteiger partial charge in [-0.05, 0) is 26.1 Å². The van der Waals surface area contributed by atoms with E-state index < -0.39 is 0 Å². The van der Waals surface area contributed by atoms with Crippen LogP contribution in [0.25, 0.3) is 11.1 Å². The molecule has 1 aromatic carbocycles. The van der Waals surface area contributed by atoms with Crippen LogP contribution in [0.2, 0.25) is 0 Å².